The number of carbonyl (C=O) groups is 2. The van der Waals surface area contributed by atoms with E-state index in [1.807, 2.05) is 6.07 Å². The fourth-order valence-corrected chi connectivity index (χ4v) is 2.14. The molecule has 0 saturated heterocycles. The van der Waals surface area contributed by atoms with Gasteiger partial charge in [-0.25, -0.2) is 4.79 Å². The number of hydrogen-bond donors (Lipinski definition) is 1. The topological polar surface area (TPSA) is 66.8 Å². The van der Waals surface area contributed by atoms with Crippen molar-refractivity contribution in [1.29, 1.82) is 0 Å². The number of nitrogens with zero attached hydrogens (tertiary/aromatic N) is 1. The van der Waals surface area contributed by atoms with Gasteiger partial charge >= 0.3 is 5.97 Å². The Balaban J connectivity index is 2.50. The molecule has 0 bridgehead atoms. The van der Waals surface area contributed by atoms with Gasteiger partial charge < -0.3 is 14.7 Å². The first-order chi connectivity index (χ1) is 10.4. The second-order valence-electron chi connectivity index (χ2n) is 5.00. The van der Waals surface area contributed by atoms with Crippen LogP contribution in [-0.2, 0) is 0 Å². The summed E-state index contributed by atoms with van der Waals surface area (Å²) in [5.41, 5.74) is 2.25. The Labute approximate surface area is 128 Å². The molecule has 0 fully saturated rings. The molecule has 0 atom stereocenters. The molecule has 0 radical (unpaired) electrons. The van der Waals surface area contributed by atoms with Gasteiger partial charge in [0.25, 0.3) is 5.91 Å². The van der Waals surface area contributed by atoms with Crippen LogP contribution in [0.15, 0.2) is 42.5 Å². The number of ether oxygens (including phenoxy) is 1. The smallest absolute Gasteiger partial charge is 0.335 e. The fourth-order valence-electron chi connectivity index (χ4n) is 2.14. The monoisotopic (exact) mass is 299 g/mol. The highest BCUT2D eigenvalue weighted by molar-refractivity contribution is 5.95. The lowest BCUT2D eigenvalue weighted by molar-refractivity contribution is 0.0696. The van der Waals surface area contributed by atoms with Crippen molar-refractivity contribution < 1.29 is 19.4 Å². The Morgan fingerprint density at radius 2 is 1.77 bits per heavy atom. The number of benzene rings is 2. The lowest BCUT2D eigenvalue weighted by Crippen LogP contribution is -2.21. The Morgan fingerprint density at radius 1 is 1.05 bits per heavy atom. The number of rotatable bonds is 4. The maximum absolute atomic E-state index is 12.0. The van der Waals surface area contributed by atoms with Crippen LogP contribution in [0.5, 0.6) is 5.75 Å². The van der Waals surface area contributed by atoms with E-state index in [-0.39, 0.29) is 11.5 Å². The molecule has 1 N–H and O–H groups in total. The third-order valence-electron chi connectivity index (χ3n) is 3.28. The molecule has 2 aromatic rings. The van der Waals surface area contributed by atoms with E-state index >= 15 is 0 Å². The molecule has 0 aliphatic carbocycles. The average molecular weight is 299 g/mol. The third kappa shape index (κ3) is 3.09. The van der Waals surface area contributed by atoms with Crippen molar-refractivity contribution in [3.05, 3.63) is 53.6 Å². The van der Waals surface area contributed by atoms with Crippen LogP contribution >= 0.6 is 0 Å². The molecule has 0 aromatic heterocycles. The van der Waals surface area contributed by atoms with Crippen LogP contribution in [0.2, 0.25) is 0 Å². The van der Waals surface area contributed by atoms with Crippen LogP contribution in [0.25, 0.3) is 11.1 Å². The maximum Gasteiger partial charge on any atom is 0.335 e. The summed E-state index contributed by atoms with van der Waals surface area (Å²) in [6.45, 7) is 0. The molecular weight excluding hydrogens is 282 g/mol. The van der Waals surface area contributed by atoms with Crippen molar-refractivity contribution in [3.8, 4) is 16.9 Å². The summed E-state index contributed by atoms with van der Waals surface area (Å²) in [6.07, 6.45) is 0. The summed E-state index contributed by atoms with van der Waals surface area (Å²) in [7, 11) is 4.87. The summed E-state index contributed by atoms with van der Waals surface area (Å²) in [5, 5.41) is 9.04. The lowest BCUT2D eigenvalue weighted by Gasteiger charge is -2.13. The number of carbonyl (C=O) groups excluding carboxylic acids is 1. The molecule has 22 heavy (non-hydrogen) atoms. The van der Waals surface area contributed by atoms with Crippen molar-refractivity contribution >= 4 is 11.9 Å². The third-order valence-corrected chi connectivity index (χ3v) is 3.28. The largest absolute Gasteiger partial charge is 0.496 e. The van der Waals surface area contributed by atoms with Crippen molar-refractivity contribution in [2.45, 2.75) is 0 Å². The second kappa shape index (κ2) is 6.30. The van der Waals surface area contributed by atoms with Crippen molar-refractivity contribution in [2.24, 2.45) is 0 Å². The number of carboxylic acids is 1. The number of carboxylic acid groups (broad SMARTS) is 1. The Bertz CT molecular complexity index is 722. The van der Waals surface area contributed by atoms with Crippen molar-refractivity contribution in [3.63, 3.8) is 0 Å². The minimum absolute atomic E-state index is 0.0945. The molecule has 114 valence electrons. The van der Waals surface area contributed by atoms with Crippen LogP contribution in [0.1, 0.15) is 20.7 Å². The summed E-state index contributed by atoms with van der Waals surface area (Å²) in [4.78, 5) is 24.6. The summed E-state index contributed by atoms with van der Waals surface area (Å²) >= 11 is 0. The molecule has 1 amide bonds. The normalized spacial score (nSPS) is 10.1. The van der Waals surface area contributed by atoms with Crippen molar-refractivity contribution in [1.82, 2.24) is 4.90 Å². The van der Waals surface area contributed by atoms with E-state index in [0.717, 1.165) is 11.1 Å². The highest BCUT2D eigenvalue weighted by Crippen LogP contribution is 2.31. The minimum Gasteiger partial charge on any atom is -0.496 e. The van der Waals surface area contributed by atoms with Crippen LogP contribution in [0.4, 0.5) is 0 Å². The summed E-state index contributed by atoms with van der Waals surface area (Å²) < 4.78 is 5.28. The van der Waals surface area contributed by atoms with Crippen LogP contribution in [0.3, 0.4) is 0 Å². The zero-order chi connectivity index (χ0) is 16.3. The first-order valence-corrected chi connectivity index (χ1v) is 6.67. The van der Waals surface area contributed by atoms with Gasteiger partial charge in [0, 0.05) is 25.2 Å². The van der Waals surface area contributed by atoms with Crippen LogP contribution in [-0.4, -0.2) is 43.1 Å². The van der Waals surface area contributed by atoms with Gasteiger partial charge in [-0.2, -0.15) is 0 Å². The van der Waals surface area contributed by atoms with Gasteiger partial charge in [-0.15, -0.1) is 0 Å². The zero-order valence-corrected chi connectivity index (χ0v) is 12.7. The number of methoxy groups -OCH3 is 1. The van der Waals surface area contributed by atoms with E-state index < -0.39 is 5.97 Å². The molecule has 0 saturated carbocycles. The van der Waals surface area contributed by atoms with E-state index in [4.69, 9.17) is 9.84 Å². The van der Waals surface area contributed by atoms with Gasteiger partial charge in [0.1, 0.15) is 5.75 Å². The molecule has 2 aromatic carbocycles. The highest BCUT2D eigenvalue weighted by Gasteiger charge is 2.13. The number of amides is 1. The summed E-state index contributed by atoms with van der Waals surface area (Å²) in [6, 6.07) is 11.8. The quantitative estimate of drug-likeness (QED) is 0.942. The Hall–Kier alpha value is -2.82. The molecule has 0 aliphatic heterocycles. The van der Waals surface area contributed by atoms with Gasteiger partial charge in [-0.1, -0.05) is 12.1 Å². The minimum atomic E-state index is -1.01. The average Bonchev–Trinajstić information content (AvgIpc) is 2.53. The molecule has 0 spiro atoms. The molecule has 5 heteroatoms. The predicted molar refractivity (Wildman–Crippen MR) is 83.4 cm³/mol. The first-order valence-electron chi connectivity index (χ1n) is 6.67. The van der Waals surface area contributed by atoms with Gasteiger partial charge in [0.05, 0.1) is 12.7 Å². The Kier molecular flexibility index (Phi) is 4.46. The second-order valence-corrected chi connectivity index (χ2v) is 5.00. The molecular formula is C17H17NO4. The number of hydrogen-bond acceptors (Lipinski definition) is 3. The van der Waals surface area contributed by atoms with Gasteiger partial charge in [-0.3, -0.25) is 4.79 Å². The van der Waals surface area contributed by atoms with Gasteiger partial charge in [0.2, 0.25) is 0 Å². The predicted octanol–water partition coefficient (Wildman–Crippen LogP) is 2.76. The first kappa shape index (κ1) is 15.6. The summed E-state index contributed by atoms with van der Waals surface area (Å²) in [5.74, 6) is -0.654. The SMILES string of the molecule is COc1cc(C(=O)O)ccc1-c1cccc(C(=O)N(C)C)c1. The van der Waals surface area contributed by atoms with Gasteiger partial charge in [0.15, 0.2) is 0 Å². The molecule has 2 rings (SSSR count). The fraction of sp³-hybridized carbons (Fsp3) is 0.176. The number of aromatic carboxylic acids is 1. The Morgan fingerprint density at radius 3 is 2.36 bits per heavy atom. The van der Waals surface area contributed by atoms with Crippen molar-refractivity contribution in [2.75, 3.05) is 21.2 Å². The van der Waals surface area contributed by atoms with E-state index in [1.54, 1.807) is 38.4 Å². The maximum atomic E-state index is 12.0. The molecule has 5 nitrogen and oxygen atoms in total. The molecule has 0 heterocycles. The van der Waals surface area contributed by atoms with Crippen LogP contribution < -0.4 is 4.74 Å². The zero-order valence-electron chi connectivity index (χ0n) is 12.7. The van der Waals surface area contributed by atoms with Gasteiger partial charge in [-0.05, 0) is 35.9 Å². The van der Waals surface area contributed by atoms with E-state index in [9.17, 15) is 9.59 Å². The van der Waals surface area contributed by atoms with E-state index in [0.29, 0.717) is 11.3 Å². The van der Waals surface area contributed by atoms with Crippen LogP contribution in [0, 0.1) is 0 Å². The highest BCUT2D eigenvalue weighted by atomic mass is 16.5. The standard InChI is InChI=1S/C17H17NO4/c1-18(2)16(19)12-6-4-5-11(9-12)14-8-7-13(17(20)21)10-15(14)22-3/h4-10H,1-3H3,(H,20,21). The molecule has 0 aliphatic rings. The van der Waals surface area contributed by atoms with E-state index in [2.05, 4.69) is 0 Å². The van der Waals surface area contributed by atoms with E-state index in [1.165, 1.54) is 24.1 Å². The lowest BCUT2D eigenvalue weighted by atomic mass is 10.00. The molecule has 0 unspecified atom stereocenters.